The van der Waals surface area contributed by atoms with Gasteiger partial charge in [0.05, 0.1) is 24.1 Å². The number of rotatable bonds is 7. The Morgan fingerprint density at radius 2 is 2.18 bits per heavy atom. The SMILES string of the molecule is CCOC(=O)C1=C(C[NH2+][C@@H](C)c2cccc(Cl)c2)NC(=O)N[C@H]1c1ccco1. The summed E-state index contributed by atoms with van der Waals surface area (Å²) >= 11 is 6.07. The van der Waals surface area contributed by atoms with Gasteiger partial charge in [0.15, 0.2) is 0 Å². The van der Waals surface area contributed by atoms with Crippen LogP contribution in [0.3, 0.4) is 0 Å². The van der Waals surface area contributed by atoms with Crippen LogP contribution in [-0.4, -0.2) is 25.2 Å². The van der Waals surface area contributed by atoms with Crippen molar-refractivity contribution in [3.05, 3.63) is 70.3 Å². The zero-order chi connectivity index (χ0) is 20.1. The van der Waals surface area contributed by atoms with E-state index < -0.39 is 18.0 Å². The van der Waals surface area contributed by atoms with Gasteiger partial charge in [0.2, 0.25) is 0 Å². The highest BCUT2D eigenvalue weighted by Gasteiger charge is 2.36. The van der Waals surface area contributed by atoms with E-state index in [-0.39, 0.29) is 12.6 Å². The zero-order valence-electron chi connectivity index (χ0n) is 15.7. The largest absolute Gasteiger partial charge is 0.467 e. The summed E-state index contributed by atoms with van der Waals surface area (Å²) in [6.07, 6.45) is 1.50. The number of hydrogen-bond acceptors (Lipinski definition) is 4. The number of carbonyl (C=O) groups is 2. The van der Waals surface area contributed by atoms with Crippen LogP contribution in [0, 0.1) is 0 Å². The summed E-state index contributed by atoms with van der Waals surface area (Å²) in [6, 6.07) is 10.00. The molecule has 148 valence electrons. The van der Waals surface area contributed by atoms with Crippen molar-refractivity contribution in [1.82, 2.24) is 10.6 Å². The van der Waals surface area contributed by atoms with Crippen LogP contribution in [0.5, 0.6) is 0 Å². The number of esters is 1. The van der Waals surface area contributed by atoms with Crippen LogP contribution in [-0.2, 0) is 9.53 Å². The molecule has 0 fully saturated rings. The zero-order valence-corrected chi connectivity index (χ0v) is 16.5. The molecule has 2 atom stereocenters. The van der Waals surface area contributed by atoms with E-state index in [1.165, 1.54) is 6.26 Å². The maximum Gasteiger partial charge on any atom is 0.338 e. The molecule has 0 spiro atoms. The van der Waals surface area contributed by atoms with E-state index in [2.05, 4.69) is 10.6 Å². The lowest BCUT2D eigenvalue weighted by Crippen LogP contribution is -2.86. The molecule has 1 aromatic carbocycles. The van der Waals surface area contributed by atoms with Gasteiger partial charge < -0.3 is 25.1 Å². The van der Waals surface area contributed by atoms with Crippen LogP contribution in [0.1, 0.15) is 37.3 Å². The summed E-state index contributed by atoms with van der Waals surface area (Å²) in [6.45, 7) is 4.38. The highest BCUT2D eigenvalue weighted by Crippen LogP contribution is 2.27. The van der Waals surface area contributed by atoms with Crippen LogP contribution < -0.4 is 16.0 Å². The fourth-order valence-corrected chi connectivity index (χ4v) is 3.32. The average molecular weight is 405 g/mol. The highest BCUT2D eigenvalue weighted by molar-refractivity contribution is 6.30. The van der Waals surface area contributed by atoms with Crippen LogP contribution in [0.15, 0.2) is 58.3 Å². The molecule has 8 heteroatoms. The number of quaternary nitrogens is 1. The van der Waals surface area contributed by atoms with Crippen molar-refractivity contribution in [2.75, 3.05) is 13.2 Å². The van der Waals surface area contributed by atoms with Gasteiger partial charge in [-0.15, -0.1) is 0 Å². The number of ether oxygens (including phenoxy) is 1. The van der Waals surface area contributed by atoms with Gasteiger partial charge in [0.25, 0.3) is 0 Å². The Morgan fingerprint density at radius 3 is 2.86 bits per heavy atom. The van der Waals surface area contributed by atoms with E-state index >= 15 is 0 Å². The van der Waals surface area contributed by atoms with E-state index in [0.717, 1.165) is 5.56 Å². The third-order valence-corrected chi connectivity index (χ3v) is 4.76. The van der Waals surface area contributed by atoms with Crippen molar-refractivity contribution in [2.24, 2.45) is 0 Å². The molecule has 0 radical (unpaired) electrons. The molecule has 0 unspecified atom stereocenters. The fourth-order valence-electron chi connectivity index (χ4n) is 3.12. The number of urea groups is 1. The van der Waals surface area contributed by atoms with Gasteiger partial charge in [-0.2, -0.15) is 0 Å². The van der Waals surface area contributed by atoms with Gasteiger partial charge in [-0.3, -0.25) is 0 Å². The minimum absolute atomic E-state index is 0.0727. The molecule has 1 aliphatic rings. The summed E-state index contributed by atoms with van der Waals surface area (Å²) in [5.41, 5.74) is 1.89. The number of hydrogen-bond donors (Lipinski definition) is 3. The van der Waals surface area contributed by atoms with Crippen LogP contribution >= 0.6 is 11.6 Å². The first-order valence-electron chi connectivity index (χ1n) is 9.09. The molecule has 2 aromatic rings. The van der Waals surface area contributed by atoms with Gasteiger partial charge in [-0.25, -0.2) is 9.59 Å². The number of furan rings is 1. The lowest BCUT2D eigenvalue weighted by molar-refractivity contribution is -0.686. The summed E-state index contributed by atoms with van der Waals surface area (Å²) in [5, 5.41) is 8.16. The van der Waals surface area contributed by atoms with E-state index in [1.807, 2.05) is 36.5 Å². The van der Waals surface area contributed by atoms with Gasteiger partial charge in [-0.05, 0) is 38.1 Å². The van der Waals surface area contributed by atoms with Crippen LogP contribution in [0.2, 0.25) is 5.02 Å². The van der Waals surface area contributed by atoms with Crippen LogP contribution in [0.25, 0.3) is 0 Å². The number of halogens is 1. The number of benzene rings is 1. The minimum atomic E-state index is -0.701. The van der Waals surface area contributed by atoms with Crippen molar-refractivity contribution in [2.45, 2.75) is 25.9 Å². The Kier molecular flexibility index (Phi) is 6.38. The molecule has 2 heterocycles. The molecule has 1 aliphatic heterocycles. The molecule has 0 saturated carbocycles. The Bertz CT molecular complexity index is 879. The van der Waals surface area contributed by atoms with Crippen molar-refractivity contribution in [1.29, 1.82) is 0 Å². The number of nitrogens with two attached hydrogens (primary N) is 1. The molecule has 0 aliphatic carbocycles. The smallest absolute Gasteiger partial charge is 0.338 e. The maximum atomic E-state index is 12.6. The summed E-state index contributed by atoms with van der Waals surface area (Å²) in [7, 11) is 0. The molecule has 0 saturated heterocycles. The van der Waals surface area contributed by atoms with Gasteiger partial charge in [0.1, 0.15) is 24.4 Å². The Balaban J connectivity index is 1.87. The monoisotopic (exact) mass is 404 g/mol. The van der Waals surface area contributed by atoms with Crippen LogP contribution in [0.4, 0.5) is 4.79 Å². The maximum absolute atomic E-state index is 12.6. The Labute approximate surface area is 168 Å². The molecule has 3 rings (SSSR count). The molecular weight excluding hydrogens is 382 g/mol. The van der Waals surface area contributed by atoms with E-state index in [4.69, 9.17) is 20.8 Å². The van der Waals surface area contributed by atoms with Crippen molar-refractivity contribution < 1.29 is 24.1 Å². The van der Waals surface area contributed by atoms with Gasteiger partial charge >= 0.3 is 12.0 Å². The predicted molar refractivity (Wildman–Crippen MR) is 103 cm³/mol. The molecule has 2 amide bonds. The van der Waals surface area contributed by atoms with Crippen molar-refractivity contribution in [3.8, 4) is 0 Å². The average Bonchev–Trinajstić information content (AvgIpc) is 3.20. The molecular formula is C20H23ClN3O4+. The molecule has 28 heavy (non-hydrogen) atoms. The third kappa shape index (κ3) is 4.55. The standard InChI is InChI=1S/C20H22ClN3O4/c1-3-27-19(25)17-15(11-22-12(2)13-6-4-7-14(21)10-13)23-20(26)24-18(17)16-8-5-9-28-16/h4-10,12,18,22H,3,11H2,1-2H3,(H2,23,24,26)/p+1/t12-,18-/m0/s1. The highest BCUT2D eigenvalue weighted by atomic mass is 35.5. The quantitative estimate of drug-likeness (QED) is 0.617. The lowest BCUT2D eigenvalue weighted by atomic mass is 9.99. The van der Waals surface area contributed by atoms with E-state index in [1.54, 1.807) is 19.1 Å². The first kappa shape index (κ1) is 20.0. The molecule has 0 bridgehead atoms. The number of carbonyl (C=O) groups excluding carboxylic acids is 2. The number of amides is 2. The fraction of sp³-hybridized carbons (Fsp3) is 0.300. The second kappa shape index (κ2) is 8.95. The predicted octanol–water partition coefficient (Wildman–Crippen LogP) is 2.43. The van der Waals surface area contributed by atoms with Gasteiger partial charge in [-0.1, -0.05) is 23.7 Å². The number of nitrogens with one attached hydrogen (secondary N) is 2. The second-order valence-corrected chi connectivity index (χ2v) is 6.88. The third-order valence-electron chi connectivity index (χ3n) is 4.53. The minimum Gasteiger partial charge on any atom is -0.467 e. The summed E-state index contributed by atoms with van der Waals surface area (Å²) in [5.74, 6) is -0.0199. The topological polar surface area (TPSA) is 97.2 Å². The van der Waals surface area contributed by atoms with E-state index in [9.17, 15) is 9.59 Å². The Morgan fingerprint density at radius 1 is 1.36 bits per heavy atom. The van der Waals surface area contributed by atoms with Crippen molar-refractivity contribution >= 4 is 23.6 Å². The Hall–Kier alpha value is -2.77. The van der Waals surface area contributed by atoms with Gasteiger partial charge in [0, 0.05) is 10.6 Å². The first-order chi connectivity index (χ1) is 13.5. The second-order valence-electron chi connectivity index (χ2n) is 6.44. The lowest BCUT2D eigenvalue weighted by Gasteiger charge is -2.27. The first-order valence-corrected chi connectivity index (χ1v) is 9.47. The molecule has 1 aromatic heterocycles. The molecule has 7 nitrogen and oxygen atoms in total. The normalized spacial score (nSPS) is 17.7. The van der Waals surface area contributed by atoms with Crippen molar-refractivity contribution in [3.63, 3.8) is 0 Å². The summed E-state index contributed by atoms with van der Waals surface area (Å²) < 4.78 is 10.6. The molecule has 4 N–H and O–H groups in total. The van der Waals surface area contributed by atoms with E-state index in [0.29, 0.717) is 28.6 Å². The summed E-state index contributed by atoms with van der Waals surface area (Å²) in [4.78, 5) is 24.8.